The van der Waals surface area contributed by atoms with E-state index in [0.717, 1.165) is 51.4 Å². The highest BCUT2D eigenvalue weighted by atomic mass is 16.7. The maximum atomic E-state index is 12.9. The monoisotopic (exact) mass is 1070 g/mol. The first-order chi connectivity index (χ1) is 37.1. The number of unbranched alkanes of at least 4 members (excludes halogenated alkanes) is 43. The molecule has 9 nitrogen and oxygen atoms in total. The lowest BCUT2D eigenvalue weighted by atomic mass is 10.0. The Balaban J connectivity index is 3.95. The Kier molecular flexibility index (Phi) is 57.2. The Labute approximate surface area is 471 Å². The van der Waals surface area contributed by atoms with Crippen molar-refractivity contribution in [2.24, 2.45) is 0 Å². The third kappa shape index (κ3) is 59.4. The molecule has 0 aromatic heterocycles. The lowest BCUT2D eigenvalue weighted by molar-refractivity contribution is -0.870. The van der Waals surface area contributed by atoms with Gasteiger partial charge in [-0.05, 0) is 64.2 Å². The molecule has 448 valence electrons. The first kappa shape index (κ1) is 73.8. The number of esters is 2. The summed E-state index contributed by atoms with van der Waals surface area (Å²) in [5, 5.41) is 9.70. The van der Waals surface area contributed by atoms with Crippen LogP contribution in [0.1, 0.15) is 328 Å². The number of carbonyl (C=O) groups excluding carboxylic acids is 2. The predicted molar refractivity (Wildman–Crippen MR) is 323 cm³/mol. The number of ether oxygens (including phenoxy) is 4. The van der Waals surface area contributed by atoms with Gasteiger partial charge in [0.2, 0.25) is 0 Å². The fourth-order valence-corrected chi connectivity index (χ4v) is 9.83. The molecule has 0 spiro atoms. The van der Waals surface area contributed by atoms with Crippen molar-refractivity contribution < 1.29 is 42.9 Å². The van der Waals surface area contributed by atoms with E-state index in [1.165, 1.54) is 250 Å². The molecule has 0 aliphatic heterocycles. The van der Waals surface area contributed by atoms with Crippen LogP contribution in [-0.4, -0.2) is 87.4 Å². The molecule has 0 radical (unpaired) electrons. The van der Waals surface area contributed by atoms with Crippen LogP contribution in [0.4, 0.5) is 0 Å². The Morgan fingerprint density at radius 2 is 0.671 bits per heavy atom. The van der Waals surface area contributed by atoms with Crippen molar-refractivity contribution in [2.45, 2.75) is 341 Å². The fraction of sp³-hybridized carbons (Fsp3) is 0.896. The molecule has 2 atom stereocenters. The average molecular weight is 1080 g/mol. The van der Waals surface area contributed by atoms with Crippen LogP contribution in [0.3, 0.4) is 0 Å². The van der Waals surface area contributed by atoms with Crippen LogP contribution in [0.2, 0.25) is 0 Å². The second-order valence-electron chi connectivity index (χ2n) is 23.8. The summed E-state index contributed by atoms with van der Waals surface area (Å²) in [5.74, 6) is -1.99. The third-order valence-electron chi connectivity index (χ3n) is 14.9. The largest absolute Gasteiger partial charge is 0.477 e. The van der Waals surface area contributed by atoms with Gasteiger partial charge in [0.25, 0.3) is 6.29 Å². The van der Waals surface area contributed by atoms with Crippen LogP contribution in [-0.2, 0) is 33.3 Å². The lowest BCUT2D eigenvalue weighted by Crippen LogP contribution is -2.40. The zero-order chi connectivity index (χ0) is 55.5. The second kappa shape index (κ2) is 58.9. The summed E-state index contributed by atoms with van der Waals surface area (Å²) in [6, 6.07) is 0. The van der Waals surface area contributed by atoms with E-state index in [1.807, 2.05) is 21.1 Å². The molecule has 0 aliphatic rings. The van der Waals surface area contributed by atoms with Crippen molar-refractivity contribution in [1.29, 1.82) is 0 Å². The molecular weight excluding hydrogens is 947 g/mol. The van der Waals surface area contributed by atoms with E-state index in [1.54, 1.807) is 0 Å². The van der Waals surface area contributed by atoms with Crippen molar-refractivity contribution in [3.63, 3.8) is 0 Å². The summed E-state index contributed by atoms with van der Waals surface area (Å²) in [5.41, 5.74) is 0. The first-order valence-corrected chi connectivity index (χ1v) is 33.0. The highest BCUT2D eigenvalue weighted by molar-refractivity contribution is 5.71. The van der Waals surface area contributed by atoms with Gasteiger partial charge >= 0.3 is 17.9 Å². The quantitative estimate of drug-likeness (QED) is 0.0211. The van der Waals surface area contributed by atoms with Crippen LogP contribution in [0.25, 0.3) is 0 Å². The number of hydrogen-bond donors (Lipinski definition) is 1. The van der Waals surface area contributed by atoms with E-state index in [2.05, 4.69) is 38.2 Å². The first-order valence-electron chi connectivity index (χ1n) is 33.0. The van der Waals surface area contributed by atoms with E-state index in [0.29, 0.717) is 17.4 Å². The molecule has 0 aromatic carbocycles. The SMILES string of the molecule is CCCCCCC/C=C\CCCCCCCC(=O)OCC(COC(OCC[N+](C)(C)C)C(=O)O)OC(=O)CCCCCCCCCCCCCCCCCCCCCCCCCCC/C=C\CCCCCCCCCC. The second-order valence-corrected chi connectivity index (χ2v) is 23.8. The molecule has 0 aromatic rings. The molecule has 0 bridgehead atoms. The zero-order valence-corrected chi connectivity index (χ0v) is 51.2. The molecule has 0 fully saturated rings. The van der Waals surface area contributed by atoms with E-state index in [9.17, 15) is 19.5 Å². The predicted octanol–water partition coefficient (Wildman–Crippen LogP) is 19.9. The molecule has 76 heavy (non-hydrogen) atoms. The molecule has 0 aliphatic carbocycles. The fourth-order valence-electron chi connectivity index (χ4n) is 9.83. The Hall–Kier alpha value is -2.23. The molecule has 0 amide bonds. The van der Waals surface area contributed by atoms with Gasteiger partial charge in [-0.1, -0.05) is 276 Å². The number of aliphatic carboxylic acids is 1. The molecule has 0 rings (SSSR count). The van der Waals surface area contributed by atoms with Crippen LogP contribution in [0, 0.1) is 0 Å². The number of rotatable bonds is 62. The number of carboxylic acid groups (broad SMARTS) is 1. The Morgan fingerprint density at radius 3 is 0.974 bits per heavy atom. The van der Waals surface area contributed by atoms with Crippen molar-refractivity contribution in [1.82, 2.24) is 0 Å². The van der Waals surface area contributed by atoms with Crippen LogP contribution in [0.15, 0.2) is 24.3 Å². The van der Waals surface area contributed by atoms with Gasteiger partial charge in [-0.25, -0.2) is 4.79 Å². The summed E-state index contributed by atoms with van der Waals surface area (Å²) in [7, 11) is 5.98. The summed E-state index contributed by atoms with van der Waals surface area (Å²) in [6.07, 6.45) is 68.8. The number of hydrogen-bond acceptors (Lipinski definition) is 7. The van der Waals surface area contributed by atoms with Crippen molar-refractivity contribution in [3.05, 3.63) is 24.3 Å². The van der Waals surface area contributed by atoms with Crippen molar-refractivity contribution >= 4 is 17.9 Å². The van der Waals surface area contributed by atoms with Gasteiger partial charge in [0, 0.05) is 12.8 Å². The number of carbonyl (C=O) groups is 3. The topological polar surface area (TPSA) is 108 Å². The minimum Gasteiger partial charge on any atom is -0.477 e. The zero-order valence-electron chi connectivity index (χ0n) is 51.2. The van der Waals surface area contributed by atoms with Gasteiger partial charge in [0.15, 0.2) is 6.10 Å². The maximum Gasteiger partial charge on any atom is 0.361 e. The van der Waals surface area contributed by atoms with Crippen LogP contribution in [0.5, 0.6) is 0 Å². The van der Waals surface area contributed by atoms with Gasteiger partial charge in [-0.3, -0.25) is 9.59 Å². The normalized spacial score (nSPS) is 12.8. The van der Waals surface area contributed by atoms with Gasteiger partial charge in [-0.15, -0.1) is 0 Å². The molecule has 2 unspecified atom stereocenters. The summed E-state index contributed by atoms with van der Waals surface area (Å²) < 4.78 is 22.9. The maximum absolute atomic E-state index is 12.9. The third-order valence-corrected chi connectivity index (χ3v) is 14.9. The summed E-state index contributed by atoms with van der Waals surface area (Å²) >= 11 is 0. The van der Waals surface area contributed by atoms with Gasteiger partial charge in [-0.2, -0.15) is 0 Å². The Bertz CT molecular complexity index is 1300. The molecule has 0 saturated carbocycles. The molecule has 0 saturated heterocycles. The van der Waals surface area contributed by atoms with Crippen molar-refractivity contribution in [3.8, 4) is 0 Å². The van der Waals surface area contributed by atoms with Crippen molar-refractivity contribution in [2.75, 3.05) is 47.5 Å². The van der Waals surface area contributed by atoms with E-state index < -0.39 is 18.4 Å². The minimum atomic E-state index is -1.51. The highest BCUT2D eigenvalue weighted by Gasteiger charge is 2.25. The van der Waals surface area contributed by atoms with Gasteiger partial charge < -0.3 is 28.5 Å². The van der Waals surface area contributed by atoms with Crippen LogP contribution >= 0.6 is 0 Å². The molecular formula is C67H128NO8+. The number of quaternary nitrogens is 1. The average Bonchev–Trinajstić information content (AvgIpc) is 3.39. The van der Waals surface area contributed by atoms with Crippen LogP contribution < -0.4 is 0 Å². The number of likely N-dealkylation sites (N-methyl/N-ethyl adjacent to an activating group) is 1. The minimum absolute atomic E-state index is 0.181. The Morgan fingerprint density at radius 1 is 0.382 bits per heavy atom. The van der Waals surface area contributed by atoms with Gasteiger partial charge in [0.1, 0.15) is 13.2 Å². The van der Waals surface area contributed by atoms with Gasteiger partial charge in [0.05, 0.1) is 34.4 Å². The lowest BCUT2D eigenvalue weighted by Gasteiger charge is -2.25. The number of nitrogens with zero attached hydrogens (tertiary/aromatic N) is 1. The summed E-state index contributed by atoms with van der Waals surface area (Å²) in [6.45, 7) is 4.90. The number of allylic oxidation sites excluding steroid dienone is 4. The highest BCUT2D eigenvalue weighted by Crippen LogP contribution is 2.18. The molecule has 0 heterocycles. The summed E-state index contributed by atoms with van der Waals surface area (Å²) in [4.78, 5) is 37.4. The number of carboxylic acids is 1. The van der Waals surface area contributed by atoms with E-state index >= 15 is 0 Å². The van der Waals surface area contributed by atoms with E-state index in [-0.39, 0.29) is 38.2 Å². The smallest absolute Gasteiger partial charge is 0.361 e. The molecule has 9 heteroatoms. The standard InChI is InChI=1S/C67H127NO8/c1-6-8-10-12-14-16-18-20-22-23-24-25-26-27-28-29-30-31-32-33-34-35-36-37-38-39-40-41-42-43-44-46-48-50-52-54-56-58-65(70)76-63(62-75-67(66(71)72)73-60-59-68(3,4)5)61-74-64(69)57-55-53-51-49-47-45-21-19-17-15-13-11-9-7-2/h19,21,23-24,63,67H,6-18,20,22,25-62H2,1-5H3/p+1/b21-19-,24-23-. The molecule has 1 N–H and O–H groups in total. The van der Waals surface area contributed by atoms with E-state index in [4.69, 9.17) is 18.9 Å².